The number of carbonyl (C=O) groups excluding carboxylic acids is 3. The number of carbonyl (C=O) groups is 3. The van der Waals surface area contributed by atoms with Crippen LogP contribution in [0.2, 0.25) is 10.0 Å². The number of nitrogens with zero attached hydrogens (tertiary/aromatic N) is 3. The molecular weight excluding hydrogens is 493 g/mol. The lowest BCUT2D eigenvalue weighted by Crippen LogP contribution is -2.56. The number of urea groups is 2. The minimum atomic E-state index is -0.735. The predicted molar refractivity (Wildman–Crippen MR) is 135 cm³/mol. The SMILES string of the molecule is CCOC(=O)C1=C(CN2CCN(C(=O)NC(C)(C)C)CC2)N(C)C(=O)N[C@H]1c1ccc(Cl)c(Cl)c1. The molecule has 9 nitrogen and oxygen atoms in total. The number of ether oxygens (including phenoxy) is 1. The fraction of sp³-hybridized carbons (Fsp3) is 0.542. The average Bonchev–Trinajstić information content (AvgIpc) is 2.78. The first kappa shape index (κ1) is 27.1. The molecule has 1 aromatic rings. The molecule has 0 saturated carbocycles. The maximum Gasteiger partial charge on any atom is 0.338 e. The van der Waals surface area contributed by atoms with E-state index in [9.17, 15) is 14.4 Å². The molecule has 2 N–H and O–H groups in total. The minimum Gasteiger partial charge on any atom is -0.463 e. The highest BCUT2D eigenvalue weighted by Gasteiger charge is 2.38. The highest BCUT2D eigenvalue weighted by molar-refractivity contribution is 6.42. The van der Waals surface area contributed by atoms with Crippen LogP contribution in [0.25, 0.3) is 0 Å². The summed E-state index contributed by atoms with van der Waals surface area (Å²) in [5.41, 5.74) is 1.21. The molecule has 2 aliphatic heterocycles. The molecule has 0 aliphatic carbocycles. The summed E-state index contributed by atoms with van der Waals surface area (Å²) in [6.45, 7) is 10.4. The average molecular weight is 526 g/mol. The zero-order valence-corrected chi connectivity index (χ0v) is 22.3. The molecule has 0 spiro atoms. The van der Waals surface area contributed by atoms with Crippen LogP contribution in [0.3, 0.4) is 0 Å². The topological polar surface area (TPSA) is 94.2 Å². The van der Waals surface area contributed by atoms with Gasteiger partial charge in [-0.25, -0.2) is 14.4 Å². The highest BCUT2D eigenvalue weighted by atomic mass is 35.5. The summed E-state index contributed by atoms with van der Waals surface area (Å²) in [5, 5.41) is 6.56. The van der Waals surface area contributed by atoms with Crippen LogP contribution in [0.15, 0.2) is 29.5 Å². The highest BCUT2D eigenvalue weighted by Crippen LogP contribution is 2.34. The Balaban J connectivity index is 1.87. The Bertz CT molecular complexity index is 1020. The molecule has 0 aromatic heterocycles. The second kappa shape index (κ2) is 11.1. The molecule has 192 valence electrons. The number of piperazine rings is 1. The normalized spacial score (nSPS) is 19.5. The number of nitrogens with one attached hydrogen (secondary N) is 2. The minimum absolute atomic E-state index is 0.0996. The molecule has 35 heavy (non-hydrogen) atoms. The third-order valence-electron chi connectivity index (χ3n) is 5.86. The zero-order valence-electron chi connectivity index (χ0n) is 20.8. The largest absolute Gasteiger partial charge is 0.463 e. The maximum absolute atomic E-state index is 13.1. The van der Waals surface area contributed by atoms with Gasteiger partial charge in [0.05, 0.1) is 28.3 Å². The fourth-order valence-corrected chi connectivity index (χ4v) is 4.37. The van der Waals surface area contributed by atoms with Crippen LogP contribution in [0.4, 0.5) is 9.59 Å². The summed E-state index contributed by atoms with van der Waals surface area (Å²) in [7, 11) is 1.63. The summed E-state index contributed by atoms with van der Waals surface area (Å²) >= 11 is 12.3. The van der Waals surface area contributed by atoms with E-state index in [2.05, 4.69) is 15.5 Å². The second-order valence-electron chi connectivity index (χ2n) is 9.64. The van der Waals surface area contributed by atoms with Gasteiger partial charge in [-0.15, -0.1) is 0 Å². The zero-order chi connectivity index (χ0) is 25.9. The molecule has 1 fully saturated rings. The van der Waals surface area contributed by atoms with Crippen molar-refractivity contribution in [2.45, 2.75) is 39.3 Å². The van der Waals surface area contributed by atoms with E-state index in [0.29, 0.717) is 59.6 Å². The number of halogens is 2. The van der Waals surface area contributed by atoms with E-state index in [0.717, 1.165) is 0 Å². The van der Waals surface area contributed by atoms with Crippen LogP contribution in [0.1, 0.15) is 39.3 Å². The van der Waals surface area contributed by atoms with Crippen LogP contribution in [0, 0.1) is 0 Å². The molecule has 2 heterocycles. The summed E-state index contributed by atoms with van der Waals surface area (Å²) in [6.07, 6.45) is 0. The third-order valence-corrected chi connectivity index (χ3v) is 6.60. The van der Waals surface area contributed by atoms with E-state index in [1.807, 2.05) is 20.8 Å². The number of likely N-dealkylation sites (N-methyl/N-ethyl adjacent to an activating group) is 1. The van der Waals surface area contributed by atoms with Gasteiger partial charge in [-0.05, 0) is 45.4 Å². The van der Waals surface area contributed by atoms with Crippen molar-refractivity contribution in [2.75, 3.05) is 46.4 Å². The summed E-state index contributed by atoms with van der Waals surface area (Å²) in [4.78, 5) is 43.8. The lowest BCUT2D eigenvalue weighted by molar-refractivity contribution is -0.139. The molecule has 1 saturated heterocycles. The van der Waals surface area contributed by atoms with E-state index in [4.69, 9.17) is 27.9 Å². The number of hydrogen-bond acceptors (Lipinski definition) is 5. The number of benzene rings is 1. The molecule has 1 atom stereocenters. The van der Waals surface area contributed by atoms with E-state index >= 15 is 0 Å². The van der Waals surface area contributed by atoms with Gasteiger partial charge in [0.2, 0.25) is 0 Å². The van der Waals surface area contributed by atoms with Crippen molar-refractivity contribution in [1.29, 1.82) is 0 Å². The van der Waals surface area contributed by atoms with Gasteiger partial charge in [0.25, 0.3) is 0 Å². The molecule has 4 amide bonds. The third kappa shape index (κ3) is 6.59. The van der Waals surface area contributed by atoms with Gasteiger partial charge < -0.3 is 20.3 Å². The van der Waals surface area contributed by atoms with Gasteiger partial charge in [0.1, 0.15) is 0 Å². The summed E-state index contributed by atoms with van der Waals surface area (Å²) < 4.78 is 5.37. The fourth-order valence-electron chi connectivity index (χ4n) is 4.06. The smallest absolute Gasteiger partial charge is 0.338 e. The van der Waals surface area contributed by atoms with Gasteiger partial charge in [0, 0.05) is 51.0 Å². The lowest BCUT2D eigenvalue weighted by atomic mass is 9.94. The predicted octanol–water partition coefficient (Wildman–Crippen LogP) is 3.63. The Morgan fingerprint density at radius 3 is 2.37 bits per heavy atom. The first-order valence-corrected chi connectivity index (χ1v) is 12.4. The van der Waals surface area contributed by atoms with Crippen LogP contribution >= 0.6 is 23.2 Å². The first-order valence-electron chi connectivity index (χ1n) is 11.6. The number of esters is 1. The van der Waals surface area contributed by atoms with Gasteiger partial charge in [0.15, 0.2) is 0 Å². The van der Waals surface area contributed by atoms with Crippen LogP contribution in [-0.4, -0.2) is 84.6 Å². The summed E-state index contributed by atoms with van der Waals surface area (Å²) in [5.74, 6) is -0.506. The van der Waals surface area contributed by atoms with Gasteiger partial charge in [-0.2, -0.15) is 0 Å². The first-order chi connectivity index (χ1) is 16.4. The Hall–Kier alpha value is -2.49. The van der Waals surface area contributed by atoms with Crippen LogP contribution < -0.4 is 10.6 Å². The van der Waals surface area contributed by atoms with Gasteiger partial charge in [-0.3, -0.25) is 9.80 Å². The van der Waals surface area contributed by atoms with Gasteiger partial charge >= 0.3 is 18.0 Å². The van der Waals surface area contributed by atoms with Crippen molar-refractivity contribution in [1.82, 2.24) is 25.3 Å². The number of rotatable bonds is 5. The molecule has 1 aromatic carbocycles. The molecule has 0 bridgehead atoms. The Morgan fingerprint density at radius 1 is 1.14 bits per heavy atom. The van der Waals surface area contributed by atoms with E-state index in [1.54, 1.807) is 37.1 Å². The second-order valence-corrected chi connectivity index (χ2v) is 10.5. The monoisotopic (exact) mass is 525 g/mol. The molecule has 0 radical (unpaired) electrons. The van der Waals surface area contributed by atoms with E-state index in [1.165, 1.54) is 4.90 Å². The van der Waals surface area contributed by atoms with Gasteiger partial charge in [-0.1, -0.05) is 29.3 Å². The van der Waals surface area contributed by atoms with E-state index in [-0.39, 0.29) is 24.2 Å². The molecule has 0 unspecified atom stereocenters. The summed E-state index contributed by atoms with van der Waals surface area (Å²) in [6, 6.07) is 3.83. The van der Waals surface area contributed by atoms with Crippen LogP contribution in [-0.2, 0) is 9.53 Å². The molecule has 2 aliphatic rings. The number of amides is 4. The van der Waals surface area contributed by atoms with Crippen molar-refractivity contribution in [3.63, 3.8) is 0 Å². The Kier molecular flexibility index (Phi) is 8.56. The van der Waals surface area contributed by atoms with Crippen molar-refractivity contribution in [2.24, 2.45) is 0 Å². The van der Waals surface area contributed by atoms with Crippen molar-refractivity contribution >= 4 is 41.2 Å². The van der Waals surface area contributed by atoms with Crippen molar-refractivity contribution < 1.29 is 19.1 Å². The van der Waals surface area contributed by atoms with Crippen LogP contribution in [0.5, 0.6) is 0 Å². The quantitative estimate of drug-likeness (QED) is 0.572. The molecule has 11 heteroatoms. The lowest BCUT2D eigenvalue weighted by Gasteiger charge is -2.40. The molecular formula is C24H33Cl2N5O4. The van der Waals surface area contributed by atoms with Crippen molar-refractivity contribution in [3.8, 4) is 0 Å². The standard InChI is InChI=1S/C24H33Cl2N5O4/c1-6-35-21(32)19-18(14-30-9-11-31(12-10-30)23(34)28-24(2,3)4)29(5)22(33)27-20(19)15-7-8-16(25)17(26)13-15/h7-8,13,20H,6,9-12,14H2,1-5H3,(H,27,33)(H,28,34)/t20-/m0/s1. The van der Waals surface area contributed by atoms with Crippen molar-refractivity contribution in [3.05, 3.63) is 45.1 Å². The Morgan fingerprint density at radius 2 is 1.80 bits per heavy atom. The number of hydrogen-bond donors (Lipinski definition) is 2. The van der Waals surface area contributed by atoms with E-state index < -0.39 is 12.0 Å². The Labute approximate surface area is 216 Å². The maximum atomic E-state index is 13.1. The molecule has 3 rings (SSSR count).